The highest BCUT2D eigenvalue weighted by Gasteiger charge is 2.19. The number of hydrogen-bond acceptors (Lipinski definition) is 5. The molecule has 5 nitrogen and oxygen atoms in total. The molecule has 28 heavy (non-hydrogen) atoms. The van der Waals surface area contributed by atoms with E-state index in [1.807, 2.05) is 73.7 Å². The second kappa shape index (κ2) is 8.16. The summed E-state index contributed by atoms with van der Waals surface area (Å²) in [5.41, 5.74) is 1.59. The van der Waals surface area contributed by atoms with E-state index in [-0.39, 0.29) is 11.2 Å². The van der Waals surface area contributed by atoms with Crippen molar-refractivity contribution in [3.8, 4) is 11.5 Å². The summed E-state index contributed by atoms with van der Waals surface area (Å²) in [5, 5.41) is 13.2. The second-order valence-corrected chi connectivity index (χ2v) is 8.40. The van der Waals surface area contributed by atoms with Gasteiger partial charge in [0.2, 0.25) is 11.8 Å². The number of carbonyl (C=O) groups excluding carboxylic acids is 1. The van der Waals surface area contributed by atoms with E-state index >= 15 is 0 Å². The molecule has 1 aromatic heterocycles. The van der Waals surface area contributed by atoms with Crippen LogP contribution in [0.4, 0.5) is 5.69 Å². The van der Waals surface area contributed by atoms with Gasteiger partial charge in [-0.15, -0.1) is 10.2 Å². The molecular formula is C21H16BrN3O2S. The number of hydrogen-bond donors (Lipinski definition) is 1. The van der Waals surface area contributed by atoms with E-state index in [0.717, 1.165) is 26.5 Å². The van der Waals surface area contributed by atoms with Gasteiger partial charge in [0.25, 0.3) is 5.22 Å². The van der Waals surface area contributed by atoms with Crippen LogP contribution in [0.1, 0.15) is 6.92 Å². The third-order valence-electron chi connectivity index (χ3n) is 4.16. The number of amides is 1. The Hall–Kier alpha value is -2.64. The molecule has 4 aromatic rings. The highest BCUT2D eigenvalue weighted by atomic mass is 79.9. The average Bonchev–Trinajstić information content (AvgIpc) is 3.17. The maximum absolute atomic E-state index is 12.5. The fraction of sp³-hybridized carbons (Fsp3) is 0.0952. The van der Waals surface area contributed by atoms with Gasteiger partial charge in [-0.3, -0.25) is 4.79 Å². The van der Waals surface area contributed by atoms with E-state index in [4.69, 9.17) is 4.42 Å². The van der Waals surface area contributed by atoms with Crippen LogP contribution in [-0.4, -0.2) is 21.4 Å². The van der Waals surface area contributed by atoms with Gasteiger partial charge in [-0.25, -0.2) is 0 Å². The SMILES string of the molecule is CC(Sc1nnc(-c2ccc(Br)cc2)o1)C(=O)Nc1ccc2ccccc2c1. The van der Waals surface area contributed by atoms with Gasteiger partial charge >= 0.3 is 0 Å². The topological polar surface area (TPSA) is 68.0 Å². The fourth-order valence-corrected chi connectivity index (χ4v) is 3.63. The lowest BCUT2D eigenvalue weighted by Crippen LogP contribution is -2.22. The molecule has 0 bridgehead atoms. The number of nitrogens with zero attached hydrogens (tertiary/aromatic N) is 2. The number of aromatic nitrogens is 2. The number of rotatable bonds is 5. The first-order valence-corrected chi connectivity index (χ1v) is 10.3. The predicted molar refractivity (Wildman–Crippen MR) is 115 cm³/mol. The van der Waals surface area contributed by atoms with Gasteiger partial charge in [0.05, 0.1) is 5.25 Å². The summed E-state index contributed by atoms with van der Waals surface area (Å²) in [6, 6.07) is 21.5. The van der Waals surface area contributed by atoms with Crippen molar-refractivity contribution in [1.29, 1.82) is 0 Å². The second-order valence-electron chi connectivity index (χ2n) is 6.19. The van der Waals surface area contributed by atoms with Crippen molar-refractivity contribution in [1.82, 2.24) is 10.2 Å². The Morgan fingerprint density at radius 3 is 2.57 bits per heavy atom. The van der Waals surface area contributed by atoms with Gasteiger partial charge in [-0.05, 0) is 54.1 Å². The zero-order valence-electron chi connectivity index (χ0n) is 14.9. The minimum atomic E-state index is -0.385. The van der Waals surface area contributed by atoms with Crippen molar-refractivity contribution in [2.24, 2.45) is 0 Å². The molecule has 1 atom stereocenters. The summed E-state index contributed by atoms with van der Waals surface area (Å²) in [6.45, 7) is 1.81. The monoisotopic (exact) mass is 453 g/mol. The highest BCUT2D eigenvalue weighted by molar-refractivity contribution is 9.10. The van der Waals surface area contributed by atoms with Crippen molar-refractivity contribution in [3.05, 3.63) is 71.2 Å². The Kier molecular flexibility index (Phi) is 5.45. The van der Waals surface area contributed by atoms with Crippen molar-refractivity contribution >= 4 is 50.1 Å². The van der Waals surface area contributed by atoms with Gasteiger partial charge in [0.15, 0.2) is 0 Å². The summed E-state index contributed by atoms with van der Waals surface area (Å²) >= 11 is 4.63. The molecule has 0 fully saturated rings. The summed E-state index contributed by atoms with van der Waals surface area (Å²) in [6.07, 6.45) is 0. The van der Waals surface area contributed by atoms with Gasteiger partial charge in [0, 0.05) is 15.7 Å². The van der Waals surface area contributed by atoms with Crippen LogP contribution in [0, 0.1) is 0 Å². The van der Waals surface area contributed by atoms with Crippen LogP contribution in [0.15, 0.2) is 80.8 Å². The number of carbonyl (C=O) groups is 1. The molecule has 1 heterocycles. The standard InChI is InChI=1S/C21H16BrN3O2S/c1-13(19(26)23-18-11-8-14-4-2-3-5-16(14)12-18)28-21-25-24-20(27-21)15-6-9-17(22)10-7-15/h2-13H,1H3,(H,23,26). The summed E-state index contributed by atoms with van der Waals surface area (Å²) in [5.74, 6) is 0.306. The number of halogens is 1. The minimum Gasteiger partial charge on any atom is -0.411 e. The average molecular weight is 454 g/mol. The van der Waals surface area contributed by atoms with Crippen LogP contribution in [0.3, 0.4) is 0 Å². The number of thioether (sulfide) groups is 1. The van der Waals surface area contributed by atoms with Crippen LogP contribution in [0.25, 0.3) is 22.2 Å². The Labute approximate surface area is 174 Å². The molecule has 0 aliphatic heterocycles. The Morgan fingerprint density at radius 1 is 1.04 bits per heavy atom. The molecule has 4 rings (SSSR count). The van der Waals surface area contributed by atoms with Crippen LogP contribution < -0.4 is 5.32 Å². The molecule has 7 heteroatoms. The van der Waals surface area contributed by atoms with Crippen LogP contribution in [0.2, 0.25) is 0 Å². The molecule has 1 N–H and O–H groups in total. The van der Waals surface area contributed by atoms with Gasteiger partial charge in [-0.1, -0.05) is 58.0 Å². The van der Waals surface area contributed by atoms with E-state index in [0.29, 0.717) is 11.1 Å². The lowest BCUT2D eigenvalue weighted by atomic mass is 10.1. The summed E-state index contributed by atoms with van der Waals surface area (Å²) in [4.78, 5) is 12.5. The number of anilines is 1. The Bertz CT molecular complexity index is 1130. The highest BCUT2D eigenvalue weighted by Crippen LogP contribution is 2.28. The minimum absolute atomic E-state index is 0.122. The van der Waals surface area contributed by atoms with E-state index in [9.17, 15) is 4.79 Å². The van der Waals surface area contributed by atoms with E-state index in [1.165, 1.54) is 11.8 Å². The molecule has 1 amide bonds. The summed E-state index contributed by atoms with van der Waals surface area (Å²) < 4.78 is 6.66. The van der Waals surface area contributed by atoms with Crippen LogP contribution in [-0.2, 0) is 4.79 Å². The van der Waals surface area contributed by atoms with Crippen LogP contribution in [0.5, 0.6) is 0 Å². The molecule has 0 radical (unpaired) electrons. The first-order valence-electron chi connectivity index (χ1n) is 8.64. The summed E-state index contributed by atoms with van der Waals surface area (Å²) in [7, 11) is 0. The smallest absolute Gasteiger partial charge is 0.277 e. The fourth-order valence-electron chi connectivity index (χ4n) is 2.68. The zero-order chi connectivity index (χ0) is 19.5. The Morgan fingerprint density at radius 2 is 1.79 bits per heavy atom. The maximum Gasteiger partial charge on any atom is 0.277 e. The van der Waals surface area contributed by atoms with Crippen molar-refractivity contribution < 1.29 is 9.21 Å². The maximum atomic E-state index is 12.5. The largest absolute Gasteiger partial charge is 0.411 e. The first kappa shape index (κ1) is 18.7. The third kappa shape index (κ3) is 4.26. The van der Waals surface area contributed by atoms with E-state index in [2.05, 4.69) is 31.4 Å². The normalized spacial score (nSPS) is 12.1. The van der Waals surface area contributed by atoms with Gasteiger partial charge in [0.1, 0.15) is 0 Å². The van der Waals surface area contributed by atoms with E-state index < -0.39 is 0 Å². The van der Waals surface area contributed by atoms with Gasteiger partial charge in [-0.2, -0.15) is 0 Å². The van der Waals surface area contributed by atoms with E-state index in [1.54, 1.807) is 0 Å². The number of fused-ring (bicyclic) bond motifs is 1. The molecule has 0 aliphatic carbocycles. The molecule has 1 unspecified atom stereocenters. The zero-order valence-corrected chi connectivity index (χ0v) is 17.3. The first-order chi connectivity index (χ1) is 13.6. The Balaban J connectivity index is 1.42. The molecule has 0 aliphatic rings. The molecule has 3 aromatic carbocycles. The van der Waals surface area contributed by atoms with Crippen LogP contribution >= 0.6 is 27.7 Å². The molecule has 0 saturated heterocycles. The lowest BCUT2D eigenvalue weighted by molar-refractivity contribution is -0.115. The number of nitrogens with one attached hydrogen (secondary N) is 1. The van der Waals surface area contributed by atoms with Crippen molar-refractivity contribution in [2.45, 2.75) is 17.4 Å². The lowest BCUT2D eigenvalue weighted by Gasteiger charge is -2.10. The third-order valence-corrected chi connectivity index (χ3v) is 5.62. The predicted octanol–water partition coefficient (Wildman–Crippen LogP) is 5.77. The molecule has 0 spiro atoms. The molecular weight excluding hydrogens is 438 g/mol. The van der Waals surface area contributed by atoms with Gasteiger partial charge < -0.3 is 9.73 Å². The quantitative estimate of drug-likeness (QED) is 0.388. The molecule has 140 valence electrons. The number of benzene rings is 3. The van der Waals surface area contributed by atoms with Crippen molar-refractivity contribution in [3.63, 3.8) is 0 Å². The van der Waals surface area contributed by atoms with Crippen molar-refractivity contribution in [2.75, 3.05) is 5.32 Å². The molecule has 0 saturated carbocycles.